The largest absolute Gasteiger partial charge is 0.304 e. The third-order valence-electron chi connectivity index (χ3n) is 2.58. The Labute approximate surface area is 105 Å². The number of benzene rings is 1. The van der Waals surface area contributed by atoms with Crippen LogP contribution in [0.2, 0.25) is 0 Å². The predicted molar refractivity (Wildman–Crippen MR) is 68.5 cm³/mol. The van der Waals surface area contributed by atoms with E-state index in [0.717, 1.165) is 11.6 Å². The molecule has 0 aliphatic rings. The summed E-state index contributed by atoms with van der Waals surface area (Å²) in [5.74, 6) is 0. The Morgan fingerprint density at radius 2 is 2.18 bits per heavy atom. The molecule has 0 bridgehead atoms. The van der Waals surface area contributed by atoms with E-state index in [0.29, 0.717) is 5.56 Å². The average molecular weight is 243 g/mol. The smallest absolute Gasteiger partial charge is 0.106 e. The topological polar surface area (TPSA) is 48.7 Å². The monoisotopic (exact) mass is 243 g/mol. The van der Waals surface area contributed by atoms with Gasteiger partial charge in [0, 0.05) is 24.2 Å². The maximum Gasteiger partial charge on any atom is 0.106 e. The molecule has 0 saturated heterocycles. The van der Waals surface area contributed by atoms with Crippen molar-refractivity contribution in [1.82, 2.24) is 10.3 Å². The molecule has 0 fully saturated rings. The van der Waals surface area contributed by atoms with Gasteiger partial charge in [-0.1, -0.05) is 12.1 Å². The van der Waals surface area contributed by atoms with E-state index >= 15 is 0 Å². The van der Waals surface area contributed by atoms with E-state index in [9.17, 15) is 0 Å². The first-order valence-corrected chi connectivity index (χ1v) is 6.29. The van der Waals surface area contributed by atoms with Crippen LogP contribution in [-0.4, -0.2) is 4.98 Å². The van der Waals surface area contributed by atoms with Crippen LogP contribution in [0.5, 0.6) is 0 Å². The fraction of sp³-hybridized carbons (Fsp3) is 0.231. The molecule has 3 nitrogen and oxygen atoms in total. The van der Waals surface area contributed by atoms with Crippen molar-refractivity contribution in [2.45, 2.75) is 19.5 Å². The van der Waals surface area contributed by atoms with Crippen molar-refractivity contribution in [3.05, 3.63) is 52.0 Å². The standard InChI is InChI=1S/C13H13N3S/c1-10(16-9-13-15-6-7-17-13)12-4-2-11(8-14)3-5-12/h2-7,10,16H,9H2,1H3. The molecule has 0 aliphatic heterocycles. The molecule has 4 heteroatoms. The molecule has 86 valence electrons. The fourth-order valence-electron chi connectivity index (χ4n) is 1.54. The lowest BCUT2D eigenvalue weighted by atomic mass is 10.1. The summed E-state index contributed by atoms with van der Waals surface area (Å²) in [5, 5.41) is 15.2. The van der Waals surface area contributed by atoms with Gasteiger partial charge in [0.15, 0.2) is 0 Å². The fourth-order valence-corrected chi connectivity index (χ4v) is 2.11. The van der Waals surface area contributed by atoms with Crippen LogP contribution in [0.25, 0.3) is 0 Å². The third-order valence-corrected chi connectivity index (χ3v) is 3.36. The van der Waals surface area contributed by atoms with E-state index in [1.807, 2.05) is 35.8 Å². The maximum absolute atomic E-state index is 8.72. The van der Waals surface area contributed by atoms with Gasteiger partial charge in [-0.15, -0.1) is 11.3 Å². The number of aromatic nitrogens is 1. The van der Waals surface area contributed by atoms with E-state index in [-0.39, 0.29) is 6.04 Å². The minimum atomic E-state index is 0.256. The van der Waals surface area contributed by atoms with E-state index in [1.54, 1.807) is 11.3 Å². The average Bonchev–Trinajstić information content (AvgIpc) is 2.89. The minimum absolute atomic E-state index is 0.256. The Hall–Kier alpha value is -1.70. The van der Waals surface area contributed by atoms with Gasteiger partial charge in [0.25, 0.3) is 0 Å². The van der Waals surface area contributed by atoms with Crippen molar-refractivity contribution in [1.29, 1.82) is 5.26 Å². The summed E-state index contributed by atoms with van der Waals surface area (Å²) in [6.07, 6.45) is 1.81. The van der Waals surface area contributed by atoms with Gasteiger partial charge >= 0.3 is 0 Å². The quantitative estimate of drug-likeness (QED) is 0.898. The number of thiazole rings is 1. The molecule has 0 amide bonds. The summed E-state index contributed by atoms with van der Waals surface area (Å²) >= 11 is 1.65. The SMILES string of the molecule is CC(NCc1nccs1)c1ccc(C#N)cc1. The van der Waals surface area contributed by atoms with E-state index < -0.39 is 0 Å². The molecule has 17 heavy (non-hydrogen) atoms. The molecule has 0 aliphatic carbocycles. The summed E-state index contributed by atoms with van der Waals surface area (Å²) in [4.78, 5) is 4.22. The molecule has 1 aromatic carbocycles. The van der Waals surface area contributed by atoms with Crippen LogP contribution in [-0.2, 0) is 6.54 Å². The lowest BCUT2D eigenvalue weighted by Gasteiger charge is -2.13. The van der Waals surface area contributed by atoms with Crippen LogP contribution in [0.3, 0.4) is 0 Å². The van der Waals surface area contributed by atoms with Crippen LogP contribution in [0.4, 0.5) is 0 Å². The number of nitrogens with zero attached hydrogens (tertiary/aromatic N) is 2. The Morgan fingerprint density at radius 3 is 2.76 bits per heavy atom. The van der Waals surface area contributed by atoms with E-state index in [1.165, 1.54) is 5.56 Å². The molecule has 1 heterocycles. The molecule has 1 atom stereocenters. The number of hydrogen-bond donors (Lipinski definition) is 1. The van der Waals surface area contributed by atoms with Crippen LogP contribution < -0.4 is 5.32 Å². The lowest BCUT2D eigenvalue weighted by molar-refractivity contribution is 0.573. The molecule has 1 aromatic heterocycles. The van der Waals surface area contributed by atoms with Gasteiger partial charge in [-0.05, 0) is 24.6 Å². The maximum atomic E-state index is 8.72. The van der Waals surface area contributed by atoms with Gasteiger partial charge in [-0.25, -0.2) is 4.98 Å². The first-order chi connectivity index (χ1) is 8.29. The lowest BCUT2D eigenvalue weighted by Crippen LogP contribution is -2.17. The normalized spacial score (nSPS) is 12.0. The number of nitriles is 1. The highest BCUT2D eigenvalue weighted by Gasteiger charge is 2.05. The highest BCUT2D eigenvalue weighted by atomic mass is 32.1. The van der Waals surface area contributed by atoms with Crippen LogP contribution >= 0.6 is 11.3 Å². The number of hydrogen-bond acceptors (Lipinski definition) is 4. The second-order valence-corrected chi connectivity index (χ2v) is 4.74. The Kier molecular flexibility index (Phi) is 3.86. The highest BCUT2D eigenvalue weighted by Crippen LogP contribution is 2.14. The predicted octanol–water partition coefficient (Wildman–Crippen LogP) is 2.87. The van der Waals surface area contributed by atoms with Crippen molar-refractivity contribution < 1.29 is 0 Å². The molecule has 2 rings (SSSR count). The number of rotatable bonds is 4. The zero-order valence-electron chi connectivity index (χ0n) is 9.55. The zero-order chi connectivity index (χ0) is 12.1. The summed E-state index contributed by atoms with van der Waals surface area (Å²) in [6.45, 7) is 2.88. The Morgan fingerprint density at radius 1 is 1.41 bits per heavy atom. The van der Waals surface area contributed by atoms with Crippen molar-refractivity contribution >= 4 is 11.3 Å². The zero-order valence-corrected chi connectivity index (χ0v) is 10.4. The third kappa shape index (κ3) is 3.13. The van der Waals surface area contributed by atoms with Crippen molar-refractivity contribution in [2.24, 2.45) is 0 Å². The van der Waals surface area contributed by atoms with Gasteiger partial charge in [0.2, 0.25) is 0 Å². The van der Waals surface area contributed by atoms with Gasteiger partial charge < -0.3 is 5.32 Å². The van der Waals surface area contributed by atoms with Crippen molar-refractivity contribution in [2.75, 3.05) is 0 Å². The summed E-state index contributed by atoms with van der Waals surface area (Å²) < 4.78 is 0. The first kappa shape index (κ1) is 11.8. The Bertz CT molecular complexity index is 496. The molecule has 1 N–H and O–H groups in total. The number of nitrogens with one attached hydrogen (secondary N) is 1. The minimum Gasteiger partial charge on any atom is -0.304 e. The van der Waals surface area contributed by atoms with Gasteiger partial charge in [0.05, 0.1) is 11.6 Å². The summed E-state index contributed by atoms with van der Waals surface area (Å²) in [5.41, 5.74) is 1.88. The molecular weight excluding hydrogens is 230 g/mol. The van der Waals surface area contributed by atoms with Crippen molar-refractivity contribution in [3.8, 4) is 6.07 Å². The Balaban J connectivity index is 1.95. The van der Waals surface area contributed by atoms with Crippen LogP contribution in [0.1, 0.15) is 29.1 Å². The van der Waals surface area contributed by atoms with Gasteiger partial charge in [-0.3, -0.25) is 0 Å². The van der Waals surface area contributed by atoms with Gasteiger partial charge in [-0.2, -0.15) is 5.26 Å². The highest BCUT2D eigenvalue weighted by molar-refractivity contribution is 7.09. The van der Waals surface area contributed by atoms with E-state index in [2.05, 4.69) is 23.3 Å². The second kappa shape index (κ2) is 5.58. The molecule has 2 aromatic rings. The van der Waals surface area contributed by atoms with Crippen LogP contribution in [0, 0.1) is 11.3 Å². The molecule has 0 radical (unpaired) electrons. The molecule has 0 spiro atoms. The first-order valence-electron chi connectivity index (χ1n) is 5.41. The van der Waals surface area contributed by atoms with Crippen LogP contribution in [0.15, 0.2) is 35.8 Å². The van der Waals surface area contributed by atoms with E-state index in [4.69, 9.17) is 5.26 Å². The molecule has 0 saturated carbocycles. The van der Waals surface area contributed by atoms with Crippen molar-refractivity contribution in [3.63, 3.8) is 0 Å². The molecular formula is C13H13N3S. The van der Waals surface area contributed by atoms with Gasteiger partial charge in [0.1, 0.15) is 5.01 Å². The summed E-state index contributed by atoms with van der Waals surface area (Å²) in [6, 6.07) is 10.0. The summed E-state index contributed by atoms with van der Waals surface area (Å²) in [7, 11) is 0. The molecule has 1 unspecified atom stereocenters. The second-order valence-electron chi connectivity index (χ2n) is 3.76.